The van der Waals surface area contributed by atoms with E-state index in [1.807, 2.05) is 36.4 Å². The normalized spacial score (nSPS) is 14.0. The lowest BCUT2D eigenvalue weighted by atomic mass is 10.2. The van der Waals surface area contributed by atoms with Crippen LogP contribution >= 0.6 is 11.3 Å². The summed E-state index contributed by atoms with van der Waals surface area (Å²) in [6.07, 6.45) is 2.02. The largest absolute Gasteiger partial charge is 0.351 e. The number of carbonyl (C=O) groups excluding carboxylic acids is 1. The number of hydrogen-bond donors (Lipinski definition) is 2. The Morgan fingerprint density at radius 3 is 3.04 bits per heavy atom. The maximum Gasteiger partial charge on any atom is 0.279 e. The van der Waals surface area contributed by atoms with Crippen LogP contribution < -0.4 is 5.32 Å². The number of hydrogen-bond acceptors (Lipinski definition) is 6. The van der Waals surface area contributed by atoms with Gasteiger partial charge in [-0.3, -0.25) is 9.89 Å². The van der Waals surface area contributed by atoms with Crippen LogP contribution in [0.25, 0.3) is 33.2 Å². The molecule has 0 atom stereocenters. The van der Waals surface area contributed by atoms with Gasteiger partial charge in [0.05, 0.1) is 16.9 Å². The van der Waals surface area contributed by atoms with E-state index in [1.54, 1.807) is 11.3 Å². The topological polar surface area (TPSA) is 96.7 Å². The number of rotatable bonds is 5. The minimum absolute atomic E-state index is 0.146. The molecule has 1 aromatic carbocycles. The van der Waals surface area contributed by atoms with Crippen LogP contribution in [0.4, 0.5) is 0 Å². The summed E-state index contributed by atoms with van der Waals surface area (Å²) in [6.45, 7) is 0.536. The number of aromatic amines is 1. The second-order valence-electron chi connectivity index (χ2n) is 6.30. The minimum Gasteiger partial charge on any atom is -0.351 e. The van der Waals surface area contributed by atoms with E-state index >= 15 is 0 Å². The molecular weight excluding hydrogens is 350 g/mol. The van der Waals surface area contributed by atoms with Gasteiger partial charge in [-0.05, 0) is 31.0 Å². The highest BCUT2D eigenvalue weighted by atomic mass is 32.1. The molecule has 3 heterocycles. The van der Waals surface area contributed by atoms with Crippen molar-refractivity contribution in [2.45, 2.75) is 19.4 Å². The fraction of sp³-hybridized carbons (Fsp3) is 0.222. The number of nitrogens with one attached hydrogen (secondary N) is 2. The number of aromatic nitrogens is 4. The number of thiophene rings is 1. The maximum atomic E-state index is 11.7. The molecule has 1 saturated carbocycles. The molecule has 3 aromatic heterocycles. The zero-order chi connectivity index (χ0) is 17.5. The number of benzene rings is 1. The van der Waals surface area contributed by atoms with Gasteiger partial charge in [0.25, 0.3) is 5.89 Å². The third-order valence-corrected chi connectivity index (χ3v) is 5.45. The summed E-state index contributed by atoms with van der Waals surface area (Å²) in [5.41, 5.74) is 1.57. The molecule has 26 heavy (non-hydrogen) atoms. The van der Waals surface area contributed by atoms with Gasteiger partial charge in [-0.25, -0.2) is 0 Å². The molecule has 1 amide bonds. The van der Waals surface area contributed by atoms with Crippen LogP contribution in [0.15, 0.2) is 40.9 Å². The maximum absolute atomic E-state index is 11.7. The number of amides is 1. The highest BCUT2D eigenvalue weighted by Crippen LogP contribution is 2.31. The molecular formula is C18H15N5O2S. The van der Waals surface area contributed by atoms with Crippen molar-refractivity contribution in [3.63, 3.8) is 0 Å². The van der Waals surface area contributed by atoms with E-state index < -0.39 is 0 Å². The minimum atomic E-state index is 0.146. The molecule has 0 saturated heterocycles. The van der Waals surface area contributed by atoms with Crippen LogP contribution in [0.1, 0.15) is 17.7 Å². The van der Waals surface area contributed by atoms with E-state index in [9.17, 15) is 4.79 Å². The summed E-state index contributed by atoms with van der Waals surface area (Å²) in [4.78, 5) is 18.2. The summed E-state index contributed by atoms with van der Waals surface area (Å²) < 4.78 is 5.41. The van der Waals surface area contributed by atoms with Crippen LogP contribution in [-0.4, -0.2) is 26.2 Å². The molecule has 0 radical (unpaired) electrons. The van der Waals surface area contributed by atoms with E-state index in [0.717, 1.165) is 33.5 Å². The lowest BCUT2D eigenvalue weighted by Crippen LogP contribution is -2.23. The van der Waals surface area contributed by atoms with Gasteiger partial charge in [0.15, 0.2) is 5.69 Å². The summed E-state index contributed by atoms with van der Waals surface area (Å²) in [6, 6.07) is 11.7. The predicted octanol–water partition coefficient (Wildman–Crippen LogP) is 3.37. The first-order valence-corrected chi connectivity index (χ1v) is 9.23. The summed E-state index contributed by atoms with van der Waals surface area (Å²) >= 11 is 1.55. The molecule has 2 N–H and O–H groups in total. The molecule has 4 aromatic rings. The van der Waals surface area contributed by atoms with Crippen LogP contribution in [0, 0.1) is 5.92 Å². The molecule has 1 aliphatic carbocycles. The Morgan fingerprint density at radius 2 is 2.15 bits per heavy atom. The van der Waals surface area contributed by atoms with Gasteiger partial charge >= 0.3 is 0 Å². The quantitative estimate of drug-likeness (QED) is 0.565. The van der Waals surface area contributed by atoms with Gasteiger partial charge in [0, 0.05) is 16.2 Å². The fourth-order valence-electron chi connectivity index (χ4n) is 2.80. The fourth-order valence-corrected chi connectivity index (χ4v) is 3.68. The van der Waals surface area contributed by atoms with Gasteiger partial charge < -0.3 is 9.84 Å². The van der Waals surface area contributed by atoms with Gasteiger partial charge in [-0.15, -0.1) is 11.3 Å². The molecule has 1 fully saturated rings. The highest BCUT2D eigenvalue weighted by molar-refractivity contribution is 7.15. The summed E-state index contributed by atoms with van der Waals surface area (Å²) in [7, 11) is 0. The number of nitrogens with zero attached hydrogens (tertiary/aromatic N) is 3. The van der Waals surface area contributed by atoms with E-state index in [0.29, 0.717) is 24.0 Å². The lowest BCUT2D eigenvalue weighted by Gasteiger charge is -2.00. The molecule has 130 valence electrons. The van der Waals surface area contributed by atoms with Crippen LogP contribution in [0.5, 0.6) is 0 Å². The molecule has 0 unspecified atom stereocenters. The number of carbonyl (C=O) groups is 1. The summed E-state index contributed by atoms with van der Waals surface area (Å²) in [5, 5.41) is 15.2. The van der Waals surface area contributed by atoms with E-state index in [4.69, 9.17) is 4.52 Å². The van der Waals surface area contributed by atoms with Crippen molar-refractivity contribution in [3.05, 3.63) is 41.3 Å². The second kappa shape index (κ2) is 6.06. The van der Waals surface area contributed by atoms with E-state index in [2.05, 4.69) is 25.7 Å². The van der Waals surface area contributed by atoms with E-state index in [1.165, 1.54) is 0 Å². The predicted molar refractivity (Wildman–Crippen MR) is 97.3 cm³/mol. The van der Waals surface area contributed by atoms with Crippen molar-refractivity contribution < 1.29 is 9.32 Å². The van der Waals surface area contributed by atoms with Crippen molar-refractivity contribution in [1.29, 1.82) is 0 Å². The van der Waals surface area contributed by atoms with Crippen LogP contribution in [0.2, 0.25) is 0 Å². The Hall–Kier alpha value is -3.00. The zero-order valence-corrected chi connectivity index (χ0v) is 14.5. The SMILES string of the molecule is O=C(NCc1ccc(-c2noc(-c3n[nH]c4ccccc34)n2)s1)C1CC1. The Balaban J connectivity index is 1.36. The number of fused-ring (bicyclic) bond motifs is 1. The van der Waals surface area contributed by atoms with Gasteiger partial charge in [-0.1, -0.05) is 23.4 Å². The Morgan fingerprint density at radius 1 is 1.27 bits per heavy atom. The first-order valence-electron chi connectivity index (χ1n) is 8.42. The third-order valence-electron chi connectivity index (χ3n) is 4.37. The van der Waals surface area contributed by atoms with Gasteiger partial charge in [0.2, 0.25) is 11.7 Å². The van der Waals surface area contributed by atoms with Crippen molar-refractivity contribution in [2.24, 2.45) is 5.92 Å². The Bertz CT molecular complexity index is 1090. The monoisotopic (exact) mass is 365 g/mol. The van der Waals surface area contributed by atoms with Crippen LogP contribution in [-0.2, 0) is 11.3 Å². The lowest BCUT2D eigenvalue weighted by molar-refractivity contribution is -0.122. The zero-order valence-electron chi connectivity index (χ0n) is 13.7. The molecule has 0 aliphatic heterocycles. The molecule has 8 heteroatoms. The average Bonchev–Trinajstić information content (AvgIpc) is 3.08. The Labute approximate surface area is 152 Å². The van der Waals surface area contributed by atoms with Crippen LogP contribution in [0.3, 0.4) is 0 Å². The first kappa shape index (κ1) is 15.3. The van der Waals surface area contributed by atoms with E-state index in [-0.39, 0.29) is 11.8 Å². The standard InChI is InChI=1S/C18H15N5O2S/c24-17(10-5-6-10)19-9-11-7-8-14(26-11)16-20-18(25-23-16)15-12-3-1-2-4-13(12)21-22-15/h1-4,7-8,10H,5-6,9H2,(H,19,24)(H,21,22). The van der Waals surface area contributed by atoms with Gasteiger partial charge in [0.1, 0.15) is 0 Å². The second-order valence-corrected chi connectivity index (χ2v) is 7.47. The first-order chi connectivity index (χ1) is 12.8. The third kappa shape index (κ3) is 2.78. The summed E-state index contributed by atoms with van der Waals surface area (Å²) in [5.74, 6) is 1.27. The Kier molecular flexibility index (Phi) is 3.56. The smallest absolute Gasteiger partial charge is 0.279 e. The molecule has 5 rings (SSSR count). The molecule has 1 aliphatic rings. The van der Waals surface area contributed by atoms with Gasteiger partial charge in [-0.2, -0.15) is 10.1 Å². The number of para-hydroxylation sites is 1. The molecule has 7 nitrogen and oxygen atoms in total. The molecule has 0 bridgehead atoms. The van der Waals surface area contributed by atoms with Crippen molar-refractivity contribution >= 4 is 28.1 Å². The number of H-pyrrole nitrogens is 1. The van der Waals surface area contributed by atoms with Crippen molar-refractivity contribution in [1.82, 2.24) is 25.7 Å². The van der Waals surface area contributed by atoms with Crippen molar-refractivity contribution in [2.75, 3.05) is 0 Å². The highest BCUT2D eigenvalue weighted by Gasteiger charge is 2.29. The van der Waals surface area contributed by atoms with Crippen molar-refractivity contribution in [3.8, 4) is 22.3 Å². The molecule has 0 spiro atoms. The average molecular weight is 365 g/mol.